The van der Waals surface area contributed by atoms with Crippen molar-refractivity contribution in [1.29, 1.82) is 0 Å². The molecule has 0 aliphatic carbocycles. The van der Waals surface area contributed by atoms with Crippen LogP contribution in [0.5, 0.6) is 0 Å². The molecule has 0 N–H and O–H groups in total. The maximum atomic E-state index is 2.42. The third kappa shape index (κ3) is 9.11. The zero-order valence-electron chi connectivity index (χ0n) is 4.59. The fourth-order valence-corrected chi connectivity index (χ4v) is 0. The van der Waals surface area contributed by atoms with Crippen LogP contribution in [-0.2, 0) is 0 Å². The van der Waals surface area contributed by atoms with Gasteiger partial charge in [-0.2, -0.15) is 0 Å². The Morgan fingerprint density at radius 1 is 1.33 bits per heavy atom. The molecule has 0 aliphatic rings. The van der Waals surface area contributed by atoms with Crippen molar-refractivity contribution in [1.82, 2.24) is 0 Å². The van der Waals surface area contributed by atoms with E-state index in [9.17, 15) is 0 Å². The van der Waals surface area contributed by atoms with Crippen LogP contribution in [0.25, 0.3) is 0 Å². The zero-order valence-corrected chi connectivity index (χ0v) is 9.60. The minimum Gasteiger partial charge on any atom is -1.00 e. The first-order valence-electron chi connectivity index (χ1n) is 2.06. The van der Waals surface area contributed by atoms with E-state index in [4.69, 9.17) is 0 Å². The van der Waals surface area contributed by atoms with Crippen molar-refractivity contribution in [3.05, 3.63) is 0 Å². The second-order valence-electron chi connectivity index (χ2n) is 1.56. The summed E-state index contributed by atoms with van der Waals surface area (Å²) in [6.45, 7) is 2.29. The van der Waals surface area contributed by atoms with Crippen molar-refractivity contribution in [3.63, 3.8) is 0 Å². The van der Waals surface area contributed by atoms with E-state index >= 15 is 0 Å². The van der Waals surface area contributed by atoms with Gasteiger partial charge < -0.3 is 24.0 Å². The third-order valence-corrected chi connectivity index (χ3v) is 4.74. The predicted octanol–water partition coefficient (Wildman–Crippen LogP) is -1.24. The van der Waals surface area contributed by atoms with E-state index in [0.29, 0.717) is 0 Å². The molecule has 0 bridgehead atoms. The van der Waals surface area contributed by atoms with Gasteiger partial charge >= 0.3 is 41.0 Å². The molecular formula is C4H11ISn. The van der Waals surface area contributed by atoms with Gasteiger partial charge in [0.1, 0.15) is 0 Å². The van der Waals surface area contributed by atoms with Crippen LogP contribution in [0, 0.1) is 0 Å². The standard InChI is InChI=1S/C2H5.2CH3.HI.Sn/c1-2;;;;/h1H2,2H3;2*1H3;1H;/q;;;;+1/p-1. The van der Waals surface area contributed by atoms with E-state index in [-0.39, 0.29) is 24.0 Å². The second-order valence-corrected chi connectivity index (χ2v) is 10.5. The Labute approximate surface area is 64.5 Å². The normalized spacial score (nSPS) is 6.50. The van der Waals surface area contributed by atoms with Crippen molar-refractivity contribution in [2.75, 3.05) is 0 Å². The summed E-state index contributed by atoms with van der Waals surface area (Å²) in [5, 5.41) is 0. The number of hydrogen-bond donors (Lipinski definition) is 0. The summed E-state index contributed by atoms with van der Waals surface area (Å²) in [5.74, 6) is 0. The molecule has 0 saturated heterocycles. The van der Waals surface area contributed by atoms with E-state index < -0.39 is 19.8 Å². The van der Waals surface area contributed by atoms with Crippen LogP contribution in [0.3, 0.4) is 0 Å². The van der Waals surface area contributed by atoms with E-state index in [1.807, 2.05) is 0 Å². The Bertz CT molecular complexity index is 21.5. The number of hydrogen-bond acceptors (Lipinski definition) is 0. The Kier molecular flexibility index (Phi) is 11.4. The molecule has 0 spiro atoms. The largest absolute Gasteiger partial charge is 1.00 e. The summed E-state index contributed by atoms with van der Waals surface area (Å²) < 4.78 is 1.50. The zero-order chi connectivity index (χ0) is 4.28. The maximum Gasteiger partial charge on any atom is -1.00 e. The summed E-state index contributed by atoms with van der Waals surface area (Å²) >= 11 is -0.580. The van der Waals surface area contributed by atoms with Crippen molar-refractivity contribution in [2.24, 2.45) is 0 Å². The van der Waals surface area contributed by atoms with Crippen LogP contribution in [0.1, 0.15) is 6.92 Å². The summed E-state index contributed by atoms with van der Waals surface area (Å²) in [4.78, 5) is 4.84. The first-order valence-corrected chi connectivity index (χ1v) is 9.79. The van der Waals surface area contributed by atoms with E-state index in [1.165, 1.54) is 4.44 Å². The topological polar surface area (TPSA) is 0 Å². The molecule has 0 atom stereocenters. The van der Waals surface area contributed by atoms with Gasteiger partial charge in [0.15, 0.2) is 0 Å². The summed E-state index contributed by atoms with van der Waals surface area (Å²) in [5.41, 5.74) is 0. The van der Waals surface area contributed by atoms with Gasteiger partial charge in [0.2, 0.25) is 0 Å². The van der Waals surface area contributed by atoms with E-state index in [2.05, 4.69) is 16.8 Å². The Morgan fingerprint density at radius 3 is 1.50 bits per heavy atom. The Morgan fingerprint density at radius 2 is 1.50 bits per heavy atom. The quantitative estimate of drug-likeness (QED) is 0.420. The molecule has 2 heteroatoms. The predicted molar refractivity (Wildman–Crippen MR) is 28.0 cm³/mol. The molecule has 0 aromatic heterocycles. The molecule has 0 radical (unpaired) electrons. The number of rotatable bonds is 1. The van der Waals surface area contributed by atoms with E-state index in [1.54, 1.807) is 0 Å². The minimum absolute atomic E-state index is 0. The molecule has 0 unspecified atom stereocenters. The van der Waals surface area contributed by atoms with Gasteiger partial charge in [-0.3, -0.25) is 0 Å². The molecule has 0 heterocycles. The molecule has 0 aliphatic heterocycles. The van der Waals surface area contributed by atoms with Crippen LogP contribution in [-0.4, -0.2) is 19.8 Å². The van der Waals surface area contributed by atoms with E-state index in [0.717, 1.165) is 0 Å². The average molecular weight is 305 g/mol. The molecule has 38 valence electrons. The van der Waals surface area contributed by atoms with Crippen molar-refractivity contribution in [2.45, 2.75) is 21.2 Å². The van der Waals surface area contributed by atoms with Crippen LogP contribution >= 0.6 is 0 Å². The molecule has 0 rings (SSSR count). The minimum atomic E-state index is -0.580. The summed E-state index contributed by atoms with van der Waals surface area (Å²) in [6, 6.07) is 0. The van der Waals surface area contributed by atoms with Crippen molar-refractivity contribution >= 4 is 19.8 Å². The summed E-state index contributed by atoms with van der Waals surface area (Å²) in [7, 11) is 0. The van der Waals surface area contributed by atoms with Gasteiger partial charge in [0, 0.05) is 0 Å². The smallest absolute Gasteiger partial charge is 1.00 e. The van der Waals surface area contributed by atoms with Crippen molar-refractivity contribution in [3.8, 4) is 0 Å². The SMILES string of the molecule is C[CH2][Sn+]([CH3])[CH3].[I-]. The maximum absolute atomic E-state index is 2.42. The van der Waals surface area contributed by atoms with Gasteiger partial charge in [-0.1, -0.05) is 0 Å². The number of halogens is 1. The van der Waals surface area contributed by atoms with Gasteiger partial charge in [0.25, 0.3) is 0 Å². The molecule has 0 saturated carbocycles. The molecule has 0 amide bonds. The van der Waals surface area contributed by atoms with Crippen LogP contribution in [0.2, 0.25) is 14.3 Å². The molecule has 0 nitrogen and oxygen atoms in total. The van der Waals surface area contributed by atoms with Gasteiger partial charge in [-0.05, 0) is 0 Å². The van der Waals surface area contributed by atoms with Crippen LogP contribution < -0.4 is 24.0 Å². The first-order chi connectivity index (χ1) is 2.27. The monoisotopic (exact) mass is 306 g/mol. The fourth-order valence-electron chi connectivity index (χ4n) is 0. The molecule has 0 aromatic carbocycles. The van der Waals surface area contributed by atoms with Gasteiger partial charge in [-0.15, -0.1) is 0 Å². The molecule has 0 fully saturated rings. The Balaban J connectivity index is 0. The van der Waals surface area contributed by atoms with Crippen LogP contribution in [0.4, 0.5) is 0 Å². The van der Waals surface area contributed by atoms with Crippen molar-refractivity contribution < 1.29 is 24.0 Å². The molecule has 0 aromatic rings. The van der Waals surface area contributed by atoms with Crippen LogP contribution in [0.15, 0.2) is 0 Å². The first kappa shape index (κ1) is 10.5. The fraction of sp³-hybridized carbons (Fsp3) is 1.00. The second kappa shape index (κ2) is 6.53. The summed E-state index contributed by atoms with van der Waals surface area (Å²) in [6.07, 6.45) is 0. The third-order valence-electron chi connectivity index (χ3n) is 0.707. The van der Waals surface area contributed by atoms with Gasteiger partial charge in [0.05, 0.1) is 0 Å². The molecule has 6 heavy (non-hydrogen) atoms. The van der Waals surface area contributed by atoms with Gasteiger partial charge in [-0.25, -0.2) is 0 Å². The average Bonchev–Trinajstić information content (AvgIpc) is 1.38. The Hall–Kier alpha value is 1.53. The molecular weight excluding hydrogens is 294 g/mol.